The van der Waals surface area contributed by atoms with Gasteiger partial charge in [0.2, 0.25) is 0 Å². The Kier molecular flexibility index (Phi) is 5.07. The maximum absolute atomic E-state index is 13.4. The van der Waals surface area contributed by atoms with Crippen molar-refractivity contribution in [1.82, 2.24) is 19.2 Å². The van der Waals surface area contributed by atoms with Gasteiger partial charge in [-0.05, 0) is 48.4 Å². The number of para-hydroxylation sites is 1. The first kappa shape index (κ1) is 19.8. The van der Waals surface area contributed by atoms with E-state index in [0.717, 1.165) is 22.5 Å². The fourth-order valence-corrected chi connectivity index (χ4v) is 4.22. The first-order chi connectivity index (χ1) is 15.6. The Hall–Kier alpha value is -4.13. The fourth-order valence-electron chi connectivity index (χ4n) is 4.22. The van der Waals surface area contributed by atoms with Crippen LogP contribution in [-0.2, 0) is 19.5 Å². The van der Waals surface area contributed by atoms with Crippen LogP contribution >= 0.6 is 0 Å². The molecule has 5 rings (SSSR count). The number of fused-ring (bicyclic) bond motifs is 1. The van der Waals surface area contributed by atoms with Crippen LogP contribution in [0.2, 0.25) is 0 Å². The predicted octanol–water partition coefficient (Wildman–Crippen LogP) is 2.99. The van der Waals surface area contributed by atoms with Gasteiger partial charge in [-0.25, -0.2) is 4.68 Å². The third-order valence-electron chi connectivity index (χ3n) is 5.76. The van der Waals surface area contributed by atoms with Crippen LogP contribution < -0.4 is 5.56 Å². The molecule has 1 amide bonds. The van der Waals surface area contributed by atoms with Gasteiger partial charge in [0, 0.05) is 30.1 Å². The van der Waals surface area contributed by atoms with Crippen molar-refractivity contribution in [3.63, 3.8) is 0 Å². The molecule has 160 valence electrons. The van der Waals surface area contributed by atoms with Crippen LogP contribution in [0.4, 0.5) is 0 Å². The number of carbonyl (C=O) groups excluding carboxylic acids is 1. The number of phenolic OH excluding ortho intramolecular Hbond substituents is 1. The molecule has 0 spiro atoms. The lowest BCUT2D eigenvalue weighted by Gasteiger charge is -2.28. The van der Waals surface area contributed by atoms with Crippen molar-refractivity contribution in [1.29, 1.82) is 0 Å². The molecule has 0 saturated heterocycles. The van der Waals surface area contributed by atoms with Gasteiger partial charge in [0.15, 0.2) is 0 Å². The maximum Gasteiger partial charge on any atom is 0.275 e. The summed E-state index contributed by atoms with van der Waals surface area (Å²) in [5.74, 6) is -0.114. The highest BCUT2D eigenvalue weighted by atomic mass is 16.3. The number of aromatic nitrogens is 3. The van der Waals surface area contributed by atoms with E-state index < -0.39 is 0 Å². The third-order valence-corrected chi connectivity index (χ3v) is 5.76. The predicted molar refractivity (Wildman–Crippen MR) is 120 cm³/mol. The molecule has 0 radical (unpaired) electrons. The highest BCUT2D eigenvalue weighted by molar-refractivity contribution is 5.94. The summed E-state index contributed by atoms with van der Waals surface area (Å²) in [6.07, 6.45) is 3.98. The van der Waals surface area contributed by atoms with E-state index in [1.54, 1.807) is 34.1 Å². The molecule has 0 unspecified atom stereocenters. The van der Waals surface area contributed by atoms with E-state index in [-0.39, 0.29) is 17.2 Å². The molecular weight excluding hydrogens is 404 g/mol. The van der Waals surface area contributed by atoms with Crippen LogP contribution in [0, 0.1) is 0 Å². The van der Waals surface area contributed by atoms with Crippen LogP contribution in [0.1, 0.15) is 27.2 Å². The smallest absolute Gasteiger partial charge is 0.275 e. The SMILES string of the molecule is O=C(c1cccc(O)c1)N1CCc2c(n(Cc3cccnc3)n(-c3ccccc3)c2=O)C1. The molecule has 1 aliphatic heterocycles. The quantitative estimate of drug-likeness (QED) is 0.544. The Bertz CT molecular complexity index is 1330. The van der Waals surface area contributed by atoms with Crippen molar-refractivity contribution >= 4 is 5.91 Å². The summed E-state index contributed by atoms with van der Waals surface area (Å²) in [6.45, 7) is 1.23. The van der Waals surface area contributed by atoms with E-state index in [1.165, 1.54) is 12.1 Å². The minimum atomic E-state index is -0.167. The molecule has 7 heteroatoms. The zero-order valence-corrected chi connectivity index (χ0v) is 17.4. The third kappa shape index (κ3) is 3.58. The van der Waals surface area contributed by atoms with Crippen molar-refractivity contribution < 1.29 is 9.90 Å². The van der Waals surface area contributed by atoms with E-state index >= 15 is 0 Å². The molecule has 7 nitrogen and oxygen atoms in total. The summed E-state index contributed by atoms with van der Waals surface area (Å²) in [6, 6.07) is 19.7. The van der Waals surface area contributed by atoms with E-state index in [1.807, 2.05) is 47.1 Å². The number of amides is 1. The average molecular weight is 426 g/mol. The van der Waals surface area contributed by atoms with Gasteiger partial charge >= 0.3 is 0 Å². The standard InChI is InChI=1S/C25H22N4O3/c30-21-10-4-7-19(14-21)24(31)27-13-11-22-23(17-27)28(16-18-6-5-12-26-15-18)29(25(22)32)20-8-2-1-3-9-20/h1-10,12,14-15,30H,11,13,16-17H2. The zero-order valence-electron chi connectivity index (χ0n) is 17.4. The Morgan fingerprint density at radius 2 is 1.88 bits per heavy atom. The largest absolute Gasteiger partial charge is 0.508 e. The average Bonchev–Trinajstić information content (AvgIpc) is 3.10. The van der Waals surface area contributed by atoms with Gasteiger partial charge in [-0.15, -0.1) is 0 Å². The Morgan fingerprint density at radius 1 is 1.03 bits per heavy atom. The molecule has 32 heavy (non-hydrogen) atoms. The zero-order chi connectivity index (χ0) is 22.1. The second-order valence-corrected chi connectivity index (χ2v) is 7.82. The number of hydrogen-bond acceptors (Lipinski definition) is 4. The normalized spacial score (nSPS) is 13.1. The second-order valence-electron chi connectivity index (χ2n) is 7.82. The molecule has 4 aromatic rings. The van der Waals surface area contributed by atoms with E-state index in [2.05, 4.69) is 4.98 Å². The highest BCUT2D eigenvalue weighted by Crippen LogP contribution is 2.23. The number of pyridine rings is 1. The van der Waals surface area contributed by atoms with Crippen molar-refractivity contribution in [2.45, 2.75) is 19.5 Å². The van der Waals surface area contributed by atoms with Gasteiger partial charge in [-0.1, -0.05) is 30.3 Å². The summed E-state index contributed by atoms with van der Waals surface area (Å²) < 4.78 is 3.64. The molecule has 1 aliphatic rings. The molecule has 0 fully saturated rings. The molecule has 0 aliphatic carbocycles. The van der Waals surface area contributed by atoms with Crippen LogP contribution in [-0.4, -0.2) is 36.8 Å². The lowest BCUT2D eigenvalue weighted by molar-refractivity contribution is 0.0729. The monoisotopic (exact) mass is 426 g/mol. The Labute approximate surface area is 184 Å². The number of phenols is 1. The minimum absolute atomic E-state index is 0.0530. The van der Waals surface area contributed by atoms with Crippen molar-refractivity contribution in [2.24, 2.45) is 0 Å². The highest BCUT2D eigenvalue weighted by Gasteiger charge is 2.29. The minimum Gasteiger partial charge on any atom is -0.508 e. The number of rotatable bonds is 4. The molecule has 0 bridgehead atoms. The van der Waals surface area contributed by atoms with Crippen molar-refractivity contribution in [3.05, 3.63) is 112 Å². The topological polar surface area (TPSA) is 80.4 Å². The number of aromatic hydroxyl groups is 1. The number of carbonyl (C=O) groups is 1. The van der Waals surface area contributed by atoms with Gasteiger partial charge in [0.05, 0.1) is 24.5 Å². The maximum atomic E-state index is 13.4. The molecule has 3 heterocycles. The van der Waals surface area contributed by atoms with Crippen LogP contribution in [0.15, 0.2) is 83.9 Å². The van der Waals surface area contributed by atoms with Gasteiger partial charge in [-0.2, -0.15) is 0 Å². The lowest BCUT2D eigenvalue weighted by Crippen LogP contribution is -2.37. The van der Waals surface area contributed by atoms with Crippen LogP contribution in [0.3, 0.4) is 0 Å². The van der Waals surface area contributed by atoms with Gasteiger partial charge in [0.1, 0.15) is 5.75 Å². The molecule has 2 aromatic heterocycles. The first-order valence-electron chi connectivity index (χ1n) is 10.5. The van der Waals surface area contributed by atoms with Crippen LogP contribution in [0.25, 0.3) is 5.69 Å². The molecule has 0 saturated carbocycles. The molecular formula is C25H22N4O3. The van der Waals surface area contributed by atoms with Gasteiger partial charge in [0.25, 0.3) is 11.5 Å². The van der Waals surface area contributed by atoms with Gasteiger partial charge in [-0.3, -0.25) is 19.3 Å². The number of nitrogens with zero attached hydrogens (tertiary/aromatic N) is 4. The Morgan fingerprint density at radius 3 is 2.62 bits per heavy atom. The molecule has 2 aromatic carbocycles. The number of hydrogen-bond donors (Lipinski definition) is 1. The second kappa shape index (κ2) is 8.19. The van der Waals surface area contributed by atoms with Crippen LogP contribution in [0.5, 0.6) is 5.75 Å². The summed E-state index contributed by atoms with van der Waals surface area (Å²) in [4.78, 5) is 32.4. The lowest BCUT2D eigenvalue weighted by atomic mass is 10.1. The van der Waals surface area contributed by atoms with E-state index in [0.29, 0.717) is 31.6 Å². The molecule has 1 N–H and O–H groups in total. The van der Waals surface area contributed by atoms with E-state index in [9.17, 15) is 14.7 Å². The molecule has 0 atom stereocenters. The number of benzene rings is 2. The van der Waals surface area contributed by atoms with Gasteiger partial charge < -0.3 is 10.0 Å². The fraction of sp³-hybridized carbons (Fsp3) is 0.160. The summed E-state index contributed by atoms with van der Waals surface area (Å²) in [7, 11) is 0. The summed E-state index contributed by atoms with van der Waals surface area (Å²) in [5, 5.41) is 9.77. The first-order valence-corrected chi connectivity index (χ1v) is 10.5. The van der Waals surface area contributed by atoms with Crippen molar-refractivity contribution in [3.8, 4) is 11.4 Å². The van der Waals surface area contributed by atoms with Crippen molar-refractivity contribution in [2.75, 3.05) is 6.54 Å². The summed E-state index contributed by atoms with van der Waals surface area (Å²) in [5.41, 5.74) is 3.67. The summed E-state index contributed by atoms with van der Waals surface area (Å²) >= 11 is 0. The Balaban J connectivity index is 1.58. The van der Waals surface area contributed by atoms with E-state index in [4.69, 9.17) is 0 Å².